The first kappa shape index (κ1) is 25.9. The fraction of sp³-hybridized carbons (Fsp3) is 0.276. The second-order valence-electron chi connectivity index (χ2n) is 10.8. The van der Waals surface area contributed by atoms with E-state index in [0.29, 0.717) is 52.1 Å². The lowest BCUT2D eigenvalue weighted by Gasteiger charge is -2.38. The van der Waals surface area contributed by atoms with Crippen molar-refractivity contribution in [1.29, 1.82) is 0 Å². The molecule has 3 N–H and O–H groups in total. The highest BCUT2D eigenvalue weighted by Crippen LogP contribution is 2.45. The van der Waals surface area contributed by atoms with Crippen molar-refractivity contribution in [3.63, 3.8) is 0 Å². The van der Waals surface area contributed by atoms with Crippen LogP contribution in [-0.2, 0) is 0 Å². The van der Waals surface area contributed by atoms with Crippen LogP contribution in [0, 0.1) is 11.6 Å². The molecule has 13 heteroatoms. The van der Waals surface area contributed by atoms with Gasteiger partial charge in [0.15, 0.2) is 11.4 Å². The van der Waals surface area contributed by atoms with Gasteiger partial charge in [0.2, 0.25) is 5.82 Å². The van der Waals surface area contributed by atoms with E-state index >= 15 is 0 Å². The Balaban J connectivity index is 1.25. The summed E-state index contributed by atoms with van der Waals surface area (Å²) in [5, 5.41) is 12.0. The van der Waals surface area contributed by atoms with Crippen molar-refractivity contribution in [2.75, 3.05) is 5.73 Å². The average molecular weight is 570 g/mol. The Hall–Kier alpha value is -5.07. The number of aromatic nitrogens is 7. The summed E-state index contributed by atoms with van der Waals surface area (Å²) in [6, 6.07) is 6.63. The normalized spacial score (nSPS) is 19.9. The van der Waals surface area contributed by atoms with E-state index in [1.807, 2.05) is 4.90 Å². The lowest BCUT2D eigenvalue weighted by Crippen LogP contribution is -2.46. The van der Waals surface area contributed by atoms with E-state index in [-0.39, 0.29) is 41.3 Å². The molecule has 6 heterocycles. The summed E-state index contributed by atoms with van der Waals surface area (Å²) >= 11 is 0. The second kappa shape index (κ2) is 9.79. The minimum Gasteiger partial charge on any atom is -0.383 e. The molecule has 0 aliphatic carbocycles. The van der Waals surface area contributed by atoms with Crippen LogP contribution < -0.4 is 5.73 Å². The molecule has 2 saturated heterocycles. The molecule has 2 aliphatic heterocycles. The number of nitrogens with zero attached hydrogens (tertiary/aromatic N) is 7. The molecule has 5 aromatic rings. The molecule has 212 valence electrons. The number of hydrogen-bond acceptors (Lipinski definition) is 8. The first-order chi connectivity index (χ1) is 20.3. The Morgan fingerprint density at radius 3 is 2.38 bits per heavy atom. The Morgan fingerprint density at radius 1 is 1.02 bits per heavy atom. The van der Waals surface area contributed by atoms with Gasteiger partial charge in [0, 0.05) is 47.0 Å². The summed E-state index contributed by atoms with van der Waals surface area (Å²) in [6.45, 7) is 1.46. The van der Waals surface area contributed by atoms with Crippen LogP contribution in [0.15, 0.2) is 49.1 Å². The minimum atomic E-state index is -0.686. The number of carbonyl (C=O) groups is 2. The van der Waals surface area contributed by atoms with E-state index in [0.717, 1.165) is 18.9 Å². The van der Waals surface area contributed by atoms with Gasteiger partial charge in [-0.25, -0.2) is 13.8 Å². The number of benzene rings is 1. The summed E-state index contributed by atoms with van der Waals surface area (Å²) < 4.78 is 28.9. The van der Waals surface area contributed by atoms with Gasteiger partial charge in [-0.3, -0.25) is 14.6 Å². The SMILES string of the molecule is CC(=O)c1c([C@H]2C[C@H]3CC[C@@H](C2)N3C(=O)c2nnc[nH]2)nc2c(-c3ccc(-c4cc(F)cc(F)c4)nc3)cnn2c1N. The van der Waals surface area contributed by atoms with Gasteiger partial charge >= 0.3 is 0 Å². The lowest BCUT2D eigenvalue weighted by molar-refractivity contribution is 0.0556. The second-order valence-corrected chi connectivity index (χ2v) is 10.8. The molecule has 2 bridgehead atoms. The molecule has 7 rings (SSSR count). The van der Waals surface area contributed by atoms with Crippen LogP contribution in [0.5, 0.6) is 0 Å². The van der Waals surface area contributed by atoms with Gasteiger partial charge in [-0.15, -0.1) is 10.2 Å². The maximum Gasteiger partial charge on any atom is 0.292 e. The number of rotatable bonds is 5. The molecule has 2 aliphatic rings. The number of Topliss-reactive ketones (excluding diaryl/α,β-unsaturated/α-hetero) is 1. The van der Waals surface area contributed by atoms with Crippen LogP contribution in [0.3, 0.4) is 0 Å². The predicted octanol–water partition coefficient (Wildman–Crippen LogP) is 4.19. The monoisotopic (exact) mass is 569 g/mol. The van der Waals surface area contributed by atoms with Crippen LogP contribution in [-0.4, -0.2) is 63.4 Å². The van der Waals surface area contributed by atoms with Crippen molar-refractivity contribution in [2.45, 2.75) is 50.6 Å². The Bertz CT molecular complexity index is 1820. The number of piperidine rings is 1. The summed E-state index contributed by atoms with van der Waals surface area (Å²) in [6.07, 6.45) is 7.52. The van der Waals surface area contributed by atoms with Crippen LogP contribution >= 0.6 is 0 Å². The van der Waals surface area contributed by atoms with Gasteiger partial charge in [0.25, 0.3) is 5.91 Å². The molecule has 0 radical (unpaired) electrons. The van der Waals surface area contributed by atoms with Crippen LogP contribution in [0.4, 0.5) is 14.6 Å². The first-order valence-electron chi connectivity index (χ1n) is 13.6. The van der Waals surface area contributed by atoms with Crippen molar-refractivity contribution < 1.29 is 18.4 Å². The zero-order valence-electron chi connectivity index (χ0n) is 22.5. The standard InChI is InChI=1S/C29H25F2N9O2/c1-14(41)24-25(17-8-20-3-4-21(9-17)39(20)29(42)27-34-13-35-38-27)37-28-22(12-36-40(28)26(24)32)15-2-5-23(33-11-15)16-6-18(30)10-19(31)7-16/h2,5-7,10-13,17,20-21H,3-4,8-9,32H2,1H3,(H,34,35,38)/t17-,20+,21-. The van der Waals surface area contributed by atoms with E-state index in [2.05, 4.69) is 25.3 Å². The third-order valence-electron chi connectivity index (χ3n) is 8.27. The number of pyridine rings is 1. The number of ketones is 1. The molecule has 0 saturated carbocycles. The Morgan fingerprint density at radius 2 is 1.76 bits per heavy atom. The zero-order valence-corrected chi connectivity index (χ0v) is 22.5. The number of nitrogens with one attached hydrogen (secondary N) is 1. The molecule has 42 heavy (non-hydrogen) atoms. The molecular weight excluding hydrogens is 544 g/mol. The number of aromatic amines is 1. The molecule has 1 aromatic carbocycles. The van der Waals surface area contributed by atoms with Gasteiger partial charge < -0.3 is 15.6 Å². The van der Waals surface area contributed by atoms with Gasteiger partial charge in [-0.2, -0.15) is 9.61 Å². The fourth-order valence-corrected chi connectivity index (χ4v) is 6.48. The molecule has 1 amide bonds. The number of halogens is 2. The number of nitrogens with two attached hydrogens (primary N) is 1. The van der Waals surface area contributed by atoms with E-state index in [4.69, 9.17) is 10.7 Å². The number of amides is 1. The van der Waals surface area contributed by atoms with Crippen molar-refractivity contribution in [1.82, 2.24) is 39.7 Å². The van der Waals surface area contributed by atoms with Gasteiger partial charge in [0.1, 0.15) is 23.8 Å². The Labute approximate surface area is 237 Å². The topological polar surface area (TPSA) is 148 Å². The third-order valence-corrected chi connectivity index (χ3v) is 8.27. The minimum absolute atomic E-state index is 0.0285. The number of H-pyrrole nitrogens is 1. The summed E-state index contributed by atoms with van der Waals surface area (Å²) in [4.78, 5) is 40.1. The average Bonchev–Trinajstić information content (AvgIpc) is 3.70. The molecule has 11 nitrogen and oxygen atoms in total. The lowest BCUT2D eigenvalue weighted by atomic mass is 9.85. The third kappa shape index (κ3) is 4.19. The molecule has 3 atom stereocenters. The van der Waals surface area contributed by atoms with Crippen molar-refractivity contribution in [2.24, 2.45) is 0 Å². The van der Waals surface area contributed by atoms with Crippen LogP contribution in [0.1, 0.15) is 65.2 Å². The van der Waals surface area contributed by atoms with Crippen molar-refractivity contribution >= 4 is 23.2 Å². The van der Waals surface area contributed by atoms with Gasteiger partial charge in [-0.05, 0) is 50.8 Å². The first-order valence-corrected chi connectivity index (χ1v) is 13.6. The molecule has 0 spiro atoms. The van der Waals surface area contributed by atoms with E-state index < -0.39 is 11.6 Å². The predicted molar refractivity (Wildman–Crippen MR) is 147 cm³/mol. The highest BCUT2D eigenvalue weighted by molar-refractivity contribution is 6.00. The summed E-state index contributed by atoms with van der Waals surface area (Å²) in [5.41, 5.74) is 9.97. The van der Waals surface area contributed by atoms with Gasteiger partial charge in [0.05, 0.1) is 23.1 Å². The van der Waals surface area contributed by atoms with E-state index in [1.165, 1.54) is 29.9 Å². The quantitative estimate of drug-likeness (QED) is 0.300. The van der Waals surface area contributed by atoms with Gasteiger partial charge in [-0.1, -0.05) is 6.07 Å². The fourth-order valence-electron chi connectivity index (χ4n) is 6.48. The van der Waals surface area contributed by atoms with Crippen molar-refractivity contribution in [3.05, 3.63) is 77.8 Å². The van der Waals surface area contributed by atoms with Crippen molar-refractivity contribution in [3.8, 4) is 22.4 Å². The molecular formula is C29H25F2N9O2. The number of nitrogen functional groups attached to an aromatic ring is 1. The number of anilines is 1. The van der Waals surface area contributed by atoms with Crippen LogP contribution in [0.2, 0.25) is 0 Å². The van der Waals surface area contributed by atoms with E-state index in [9.17, 15) is 18.4 Å². The Kier molecular flexibility index (Phi) is 6.03. The molecule has 4 aromatic heterocycles. The number of hydrogen-bond donors (Lipinski definition) is 2. The molecule has 2 fully saturated rings. The number of fused-ring (bicyclic) bond motifs is 3. The van der Waals surface area contributed by atoms with E-state index in [1.54, 1.807) is 24.5 Å². The van der Waals surface area contributed by atoms with Crippen LogP contribution in [0.25, 0.3) is 28.0 Å². The maximum absolute atomic E-state index is 13.7. The zero-order chi connectivity index (χ0) is 29.1. The molecule has 0 unspecified atom stereocenters. The summed E-state index contributed by atoms with van der Waals surface area (Å²) in [5.74, 6) is -1.45. The smallest absolute Gasteiger partial charge is 0.292 e. The highest BCUT2D eigenvalue weighted by Gasteiger charge is 2.45. The highest BCUT2D eigenvalue weighted by atomic mass is 19.1. The maximum atomic E-state index is 13.7. The summed E-state index contributed by atoms with van der Waals surface area (Å²) in [7, 11) is 0. The number of carbonyl (C=O) groups excluding carboxylic acids is 2. The largest absolute Gasteiger partial charge is 0.383 e.